The Hall–Kier alpha value is -2.07. The zero-order valence-electron chi connectivity index (χ0n) is 16.4. The second-order valence-electron chi connectivity index (χ2n) is 6.13. The lowest BCUT2D eigenvalue weighted by molar-refractivity contribution is -0.113. The van der Waals surface area contributed by atoms with Crippen molar-refractivity contribution in [3.05, 3.63) is 44.8 Å². The fourth-order valence-electron chi connectivity index (χ4n) is 2.61. The number of thiophene rings is 1. The van der Waals surface area contributed by atoms with E-state index < -0.39 is 5.97 Å². The van der Waals surface area contributed by atoms with E-state index in [4.69, 9.17) is 27.9 Å². The van der Waals surface area contributed by atoms with Crippen molar-refractivity contribution in [2.75, 3.05) is 18.2 Å². The molecule has 0 aliphatic heterocycles. The maximum absolute atomic E-state index is 12.5. The Kier molecular flexibility index (Phi) is 7.41. The van der Waals surface area contributed by atoms with Gasteiger partial charge in [-0.25, -0.2) is 4.79 Å². The lowest BCUT2D eigenvalue weighted by Crippen LogP contribution is -2.16. The van der Waals surface area contributed by atoms with Crippen molar-refractivity contribution >= 4 is 63.2 Å². The largest absolute Gasteiger partial charge is 0.465 e. The minimum atomic E-state index is -0.480. The van der Waals surface area contributed by atoms with E-state index in [0.29, 0.717) is 37.2 Å². The van der Waals surface area contributed by atoms with Crippen molar-refractivity contribution < 1.29 is 14.3 Å². The Labute approximate surface area is 191 Å². The Morgan fingerprint density at radius 2 is 2.03 bits per heavy atom. The van der Waals surface area contributed by atoms with Gasteiger partial charge in [0.1, 0.15) is 5.00 Å². The Morgan fingerprint density at radius 1 is 1.27 bits per heavy atom. The van der Waals surface area contributed by atoms with Gasteiger partial charge < -0.3 is 14.6 Å². The van der Waals surface area contributed by atoms with E-state index in [1.54, 1.807) is 35.9 Å². The number of hydrogen-bond donors (Lipinski definition) is 1. The third-order valence-corrected chi connectivity index (χ3v) is 6.89. The van der Waals surface area contributed by atoms with Crippen molar-refractivity contribution in [1.29, 1.82) is 0 Å². The Morgan fingerprint density at radius 3 is 2.70 bits per heavy atom. The molecule has 158 valence electrons. The highest BCUT2D eigenvalue weighted by molar-refractivity contribution is 7.99. The van der Waals surface area contributed by atoms with Gasteiger partial charge in [0.2, 0.25) is 5.91 Å². The number of amides is 1. The molecule has 0 spiro atoms. The van der Waals surface area contributed by atoms with Crippen molar-refractivity contribution in [3.63, 3.8) is 0 Å². The molecule has 3 rings (SSSR count). The van der Waals surface area contributed by atoms with E-state index in [0.717, 1.165) is 11.3 Å². The number of methoxy groups -OCH3 is 1. The number of anilines is 1. The number of benzene rings is 1. The normalized spacial score (nSPS) is 10.8. The van der Waals surface area contributed by atoms with Crippen LogP contribution in [0.25, 0.3) is 11.4 Å². The van der Waals surface area contributed by atoms with Gasteiger partial charge in [-0.15, -0.1) is 21.5 Å². The highest BCUT2D eigenvalue weighted by Gasteiger charge is 2.19. The van der Waals surface area contributed by atoms with E-state index in [1.807, 2.05) is 6.92 Å². The van der Waals surface area contributed by atoms with E-state index in [9.17, 15) is 9.59 Å². The second-order valence-corrected chi connectivity index (χ2v) is 9.05. The maximum Gasteiger partial charge on any atom is 0.340 e. The highest BCUT2D eigenvalue weighted by Crippen LogP contribution is 2.32. The first-order chi connectivity index (χ1) is 14.3. The van der Waals surface area contributed by atoms with Crippen LogP contribution in [0.1, 0.15) is 22.2 Å². The molecule has 0 fully saturated rings. The molecule has 0 aliphatic rings. The summed E-state index contributed by atoms with van der Waals surface area (Å²) in [6, 6.07) is 6.87. The molecule has 0 unspecified atom stereocenters. The van der Waals surface area contributed by atoms with Crippen LogP contribution in [0.4, 0.5) is 5.00 Å². The van der Waals surface area contributed by atoms with Crippen LogP contribution in [0.2, 0.25) is 10.0 Å². The van der Waals surface area contributed by atoms with Gasteiger partial charge in [-0.3, -0.25) is 4.79 Å². The molecule has 30 heavy (non-hydrogen) atoms. The molecule has 3 aromatic rings. The van der Waals surface area contributed by atoms with Gasteiger partial charge in [-0.1, -0.05) is 41.9 Å². The summed E-state index contributed by atoms with van der Waals surface area (Å²) < 4.78 is 6.55. The number of aryl methyl sites for hydroxylation is 1. The molecular formula is C19H18Cl2N4O3S2. The monoisotopic (exact) mass is 484 g/mol. The summed E-state index contributed by atoms with van der Waals surface area (Å²) in [7, 11) is 3.11. The maximum atomic E-state index is 12.5. The van der Waals surface area contributed by atoms with Crippen LogP contribution in [-0.4, -0.2) is 39.5 Å². The first kappa shape index (κ1) is 22.6. The molecule has 0 aliphatic carbocycles. The topological polar surface area (TPSA) is 86.1 Å². The number of nitrogens with zero attached hydrogens (tertiary/aromatic N) is 3. The zero-order chi connectivity index (χ0) is 21.8. The number of carbonyl (C=O) groups is 2. The lowest BCUT2D eigenvalue weighted by atomic mass is 10.2. The van der Waals surface area contributed by atoms with Crippen LogP contribution in [0.5, 0.6) is 0 Å². The predicted molar refractivity (Wildman–Crippen MR) is 121 cm³/mol. The summed E-state index contributed by atoms with van der Waals surface area (Å²) >= 11 is 14.8. The molecule has 2 aromatic heterocycles. The summed E-state index contributed by atoms with van der Waals surface area (Å²) in [6.07, 6.45) is 0.758. The van der Waals surface area contributed by atoms with Crippen LogP contribution in [0, 0.1) is 0 Å². The number of hydrogen-bond acceptors (Lipinski definition) is 7. The van der Waals surface area contributed by atoms with E-state index in [2.05, 4.69) is 15.5 Å². The number of esters is 1. The molecule has 0 saturated carbocycles. The molecule has 1 amide bonds. The number of halogens is 2. The quantitative estimate of drug-likeness (QED) is 0.377. The third kappa shape index (κ3) is 4.97. The van der Waals surface area contributed by atoms with E-state index >= 15 is 0 Å². The number of ether oxygens (including phenoxy) is 1. The first-order valence-electron chi connectivity index (χ1n) is 8.82. The van der Waals surface area contributed by atoms with Crippen molar-refractivity contribution in [2.45, 2.75) is 18.5 Å². The molecule has 7 nitrogen and oxygen atoms in total. The average Bonchev–Trinajstić information content (AvgIpc) is 3.29. The van der Waals surface area contributed by atoms with Gasteiger partial charge in [0, 0.05) is 22.5 Å². The first-order valence-corrected chi connectivity index (χ1v) is 11.4. The lowest BCUT2D eigenvalue weighted by Gasteiger charge is -2.07. The fraction of sp³-hybridized carbons (Fsp3) is 0.263. The summed E-state index contributed by atoms with van der Waals surface area (Å²) in [4.78, 5) is 25.4. The molecule has 1 N–H and O–H groups in total. The zero-order valence-corrected chi connectivity index (χ0v) is 19.5. The van der Waals surface area contributed by atoms with Crippen LogP contribution < -0.4 is 5.32 Å². The number of aromatic nitrogens is 3. The number of nitrogens with one attached hydrogen (secondary N) is 1. The predicted octanol–water partition coefficient (Wildman–Crippen LogP) is 4.93. The van der Waals surface area contributed by atoms with Crippen LogP contribution in [0.3, 0.4) is 0 Å². The van der Waals surface area contributed by atoms with Crippen molar-refractivity contribution in [2.24, 2.45) is 7.05 Å². The van der Waals surface area contributed by atoms with E-state index in [1.165, 1.54) is 30.2 Å². The fourth-order valence-corrected chi connectivity index (χ4v) is 4.81. The molecule has 0 radical (unpaired) electrons. The molecule has 11 heteroatoms. The third-order valence-electron chi connectivity index (χ3n) is 4.13. The summed E-state index contributed by atoms with van der Waals surface area (Å²) in [5, 5.41) is 13.1. The molecule has 0 bridgehead atoms. The van der Waals surface area contributed by atoms with Crippen LogP contribution in [-0.2, 0) is 23.0 Å². The van der Waals surface area contributed by atoms with Gasteiger partial charge in [0.15, 0.2) is 11.0 Å². The standard InChI is InChI=1S/C19H18Cl2N4O3S2/c1-4-11-8-13(18(27)28-3)17(30-11)22-15(26)9-29-19-24-23-16(25(19)2)12-6-5-10(20)7-14(12)21/h5-8H,4,9H2,1-3H3,(H,22,26). The Balaban J connectivity index is 1.70. The SMILES string of the molecule is CCc1cc(C(=O)OC)c(NC(=O)CSc2nnc(-c3ccc(Cl)cc3Cl)n2C)s1. The molecule has 0 atom stereocenters. The summed E-state index contributed by atoms with van der Waals surface area (Å²) in [6.45, 7) is 1.98. The molecule has 0 saturated heterocycles. The molecular weight excluding hydrogens is 467 g/mol. The Bertz CT molecular complexity index is 1100. The van der Waals surface area contributed by atoms with E-state index in [-0.39, 0.29) is 11.7 Å². The minimum absolute atomic E-state index is 0.0975. The van der Waals surface area contributed by atoms with Crippen molar-refractivity contribution in [3.8, 4) is 11.4 Å². The van der Waals surface area contributed by atoms with Gasteiger partial charge in [-0.05, 0) is 30.7 Å². The summed E-state index contributed by atoms with van der Waals surface area (Å²) in [5.41, 5.74) is 1.05. The van der Waals surface area contributed by atoms with Gasteiger partial charge >= 0.3 is 5.97 Å². The highest BCUT2D eigenvalue weighted by atomic mass is 35.5. The summed E-state index contributed by atoms with van der Waals surface area (Å²) in [5.74, 6) is -0.0749. The van der Waals surface area contributed by atoms with Crippen LogP contribution in [0.15, 0.2) is 29.4 Å². The van der Waals surface area contributed by atoms with Gasteiger partial charge in [0.05, 0.1) is 23.4 Å². The molecule has 2 heterocycles. The number of carbonyl (C=O) groups excluding carboxylic acids is 2. The second kappa shape index (κ2) is 9.82. The van der Waals surface area contributed by atoms with Gasteiger partial charge in [0.25, 0.3) is 0 Å². The van der Waals surface area contributed by atoms with Gasteiger partial charge in [-0.2, -0.15) is 0 Å². The minimum Gasteiger partial charge on any atom is -0.465 e. The smallest absolute Gasteiger partial charge is 0.340 e. The average molecular weight is 485 g/mol. The number of rotatable bonds is 7. The number of thioether (sulfide) groups is 1. The molecule has 1 aromatic carbocycles. The van der Waals surface area contributed by atoms with Crippen LogP contribution >= 0.6 is 46.3 Å². The van der Waals surface area contributed by atoms with Crippen molar-refractivity contribution in [1.82, 2.24) is 14.8 Å².